The Morgan fingerprint density at radius 1 is 1.06 bits per heavy atom. The largest absolute Gasteiger partial charge is 0.573 e. The lowest BCUT2D eigenvalue weighted by atomic mass is 10.2. The molecule has 1 unspecified atom stereocenters. The Hall–Kier alpha value is -3.69. The predicted octanol–water partition coefficient (Wildman–Crippen LogP) is 2.75. The van der Waals surface area contributed by atoms with Crippen molar-refractivity contribution < 1.29 is 22.1 Å². The first-order valence-corrected chi connectivity index (χ1v) is 11.4. The second kappa shape index (κ2) is 9.75. The minimum Gasteiger partial charge on any atom is -0.573 e. The number of fused-ring (bicyclic) bond motifs is 1. The average molecular weight is 524 g/mol. The van der Waals surface area contributed by atoms with E-state index >= 15 is 0 Å². The highest BCUT2D eigenvalue weighted by Crippen LogP contribution is 2.36. The zero-order chi connectivity index (χ0) is 26.2. The second-order valence-corrected chi connectivity index (χ2v) is 9.47. The Morgan fingerprint density at radius 3 is 2.33 bits per heavy atom. The van der Waals surface area contributed by atoms with Gasteiger partial charge in [-0.25, -0.2) is 24.0 Å². The number of nitrogen functional groups attached to an aromatic ring is 2. The van der Waals surface area contributed by atoms with Gasteiger partial charge in [-0.3, -0.25) is 0 Å². The van der Waals surface area contributed by atoms with E-state index in [1.54, 1.807) is 30.3 Å². The summed E-state index contributed by atoms with van der Waals surface area (Å²) in [6.45, 7) is -1.55. The lowest BCUT2D eigenvalue weighted by molar-refractivity contribution is -0.117. The highest BCUT2D eigenvalue weighted by Gasteiger charge is 2.40. The zero-order valence-electron chi connectivity index (χ0n) is 19.1. The van der Waals surface area contributed by atoms with E-state index in [-0.39, 0.29) is 18.1 Å². The normalized spacial score (nSPS) is 12.9. The third kappa shape index (κ3) is 5.12. The zero-order valence-corrected chi connectivity index (χ0v) is 19.9. The summed E-state index contributed by atoms with van der Waals surface area (Å²) in [7, 11) is 2.67. The second-order valence-electron chi connectivity index (χ2n) is 7.83. The molecule has 4 rings (SSSR count). The van der Waals surface area contributed by atoms with E-state index in [4.69, 9.17) is 11.5 Å². The molecule has 0 saturated carbocycles. The molecule has 0 aliphatic rings. The van der Waals surface area contributed by atoms with Gasteiger partial charge in [0.25, 0.3) is 0 Å². The summed E-state index contributed by atoms with van der Waals surface area (Å²) >= 11 is -2.28. The van der Waals surface area contributed by atoms with E-state index in [2.05, 4.69) is 20.1 Å². The van der Waals surface area contributed by atoms with Crippen LogP contribution in [0.4, 0.5) is 34.9 Å². The Morgan fingerprint density at radius 2 is 1.72 bits per heavy atom. The van der Waals surface area contributed by atoms with E-state index in [1.807, 2.05) is 0 Å². The molecule has 190 valence electrons. The first-order chi connectivity index (χ1) is 17.0. The lowest BCUT2D eigenvalue weighted by Gasteiger charge is -2.29. The number of nitrogens with two attached hydrogens (primary N) is 2. The first-order valence-electron chi connectivity index (χ1n) is 10.4. The van der Waals surface area contributed by atoms with Crippen LogP contribution in [0.15, 0.2) is 42.6 Å². The van der Waals surface area contributed by atoms with E-state index in [9.17, 15) is 22.1 Å². The Labute approximate surface area is 206 Å². The summed E-state index contributed by atoms with van der Waals surface area (Å²) in [5, 5.41) is 4.96. The molecule has 3 aromatic heterocycles. The fourth-order valence-corrected chi connectivity index (χ4v) is 4.49. The predicted molar refractivity (Wildman–Crippen MR) is 128 cm³/mol. The summed E-state index contributed by atoms with van der Waals surface area (Å²) < 4.78 is 69.6. The van der Waals surface area contributed by atoms with Crippen LogP contribution in [0.25, 0.3) is 22.6 Å². The first kappa shape index (κ1) is 25.4. The summed E-state index contributed by atoms with van der Waals surface area (Å²) in [6, 6.07) is 9.51. The van der Waals surface area contributed by atoms with Crippen molar-refractivity contribution in [1.29, 1.82) is 0 Å². The van der Waals surface area contributed by atoms with Gasteiger partial charge < -0.3 is 16.0 Å². The number of alkyl halides is 3. The minimum absolute atomic E-state index is 0.0460. The topological polar surface area (TPSA) is 138 Å². The molecule has 0 aliphatic heterocycles. The van der Waals surface area contributed by atoms with Gasteiger partial charge in [-0.2, -0.15) is 22.6 Å². The summed E-state index contributed by atoms with van der Waals surface area (Å²) in [4.78, 5) is 12.6. The third-order valence-corrected chi connectivity index (χ3v) is 6.32. The molecule has 0 aliphatic carbocycles. The van der Waals surface area contributed by atoms with Crippen LogP contribution in [0.5, 0.6) is 0 Å². The van der Waals surface area contributed by atoms with Crippen LogP contribution in [-0.4, -0.2) is 60.4 Å². The molecule has 0 bridgehead atoms. The molecule has 0 radical (unpaired) electrons. The van der Waals surface area contributed by atoms with Crippen molar-refractivity contribution in [1.82, 2.24) is 29.0 Å². The Balaban J connectivity index is 1.81. The number of benzene rings is 1. The number of pyridine rings is 1. The van der Waals surface area contributed by atoms with Gasteiger partial charge in [0.15, 0.2) is 46.9 Å². The highest BCUT2D eigenvalue weighted by molar-refractivity contribution is 7.90. The smallest absolute Gasteiger partial charge is 0.410 e. The molecule has 1 atom stereocenters. The van der Waals surface area contributed by atoms with Crippen molar-refractivity contribution in [3.63, 3.8) is 0 Å². The molecule has 4 aromatic rings. The number of rotatable bonds is 7. The molecule has 0 saturated heterocycles. The summed E-state index contributed by atoms with van der Waals surface area (Å²) in [5.74, 6) is -1.34. The molecule has 0 spiro atoms. The lowest BCUT2D eigenvalue weighted by Crippen LogP contribution is -2.45. The van der Waals surface area contributed by atoms with Gasteiger partial charge in [0, 0.05) is 25.9 Å². The summed E-state index contributed by atoms with van der Waals surface area (Å²) in [6.07, 6.45) is -3.18. The molecular weight excluding hydrogens is 502 g/mol. The van der Waals surface area contributed by atoms with E-state index in [1.165, 1.54) is 31.0 Å². The maximum Gasteiger partial charge on any atom is 0.410 e. The fraction of sp³-hybridized carbons (Fsp3) is 0.238. The van der Waals surface area contributed by atoms with Crippen molar-refractivity contribution in [2.75, 3.05) is 36.4 Å². The van der Waals surface area contributed by atoms with Gasteiger partial charge in [-0.1, -0.05) is 18.2 Å². The number of nitrogens with zero attached hydrogens (tertiary/aromatic N) is 7. The van der Waals surface area contributed by atoms with Gasteiger partial charge in [-0.15, -0.1) is 4.31 Å². The molecule has 10 nitrogen and oxygen atoms in total. The molecule has 0 fully saturated rings. The monoisotopic (exact) mass is 523 g/mol. The maximum atomic E-state index is 14.2. The highest BCUT2D eigenvalue weighted by atomic mass is 32.2. The van der Waals surface area contributed by atoms with E-state index in [0.717, 1.165) is 4.31 Å². The van der Waals surface area contributed by atoms with E-state index in [0.29, 0.717) is 20.9 Å². The van der Waals surface area contributed by atoms with Gasteiger partial charge >= 0.3 is 6.18 Å². The van der Waals surface area contributed by atoms with Crippen LogP contribution in [-0.2, 0) is 18.1 Å². The van der Waals surface area contributed by atoms with Crippen molar-refractivity contribution >= 4 is 39.9 Å². The van der Waals surface area contributed by atoms with Crippen LogP contribution >= 0.6 is 0 Å². The van der Waals surface area contributed by atoms with Gasteiger partial charge in [0.2, 0.25) is 0 Å². The molecule has 36 heavy (non-hydrogen) atoms. The fourth-order valence-electron chi connectivity index (χ4n) is 3.50. The van der Waals surface area contributed by atoms with Crippen molar-refractivity contribution in [2.24, 2.45) is 0 Å². The average Bonchev–Trinajstić information content (AvgIpc) is 3.16. The van der Waals surface area contributed by atoms with E-state index < -0.39 is 47.4 Å². The quantitative estimate of drug-likeness (QED) is 0.277. The van der Waals surface area contributed by atoms with Gasteiger partial charge in [0.1, 0.15) is 11.5 Å². The maximum absolute atomic E-state index is 14.2. The number of halogens is 4. The molecular formula is C21H21F4N9OS. The van der Waals surface area contributed by atoms with Gasteiger partial charge in [0.05, 0.1) is 11.9 Å². The van der Waals surface area contributed by atoms with Crippen molar-refractivity contribution in [3.8, 4) is 11.5 Å². The van der Waals surface area contributed by atoms with Gasteiger partial charge in [-0.05, 0) is 18.2 Å². The SMILES string of the molecule is CN(C)[S+]([O-])N(CC(F)(F)F)c1c(N)nc(-c2nn(Cc3ccccc3F)c3ncccc23)nc1N. The number of hydrogen-bond donors (Lipinski definition) is 2. The standard InChI is InChI=1S/C21H21F4N9OS/c1-32(2)36(35)34(11-21(23,24)25)16-17(26)29-19(30-18(16)27)15-13-7-5-9-28-20(13)33(31-15)10-12-6-3-4-8-14(12)22/h3-9H,10-11H2,1-2H3,(H4,26,27,29,30). The molecule has 4 N–H and O–H groups in total. The van der Waals surface area contributed by atoms with Crippen LogP contribution in [0.2, 0.25) is 0 Å². The number of hydrogen-bond acceptors (Lipinski definition) is 9. The molecule has 1 aromatic carbocycles. The Kier molecular flexibility index (Phi) is 6.88. The van der Waals surface area contributed by atoms with Crippen molar-refractivity contribution in [2.45, 2.75) is 12.7 Å². The van der Waals surface area contributed by atoms with Crippen molar-refractivity contribution in [3.05, 3.63) is 54.0 Å². The van der Waals surface area contributed by atoms with Crippen LogP contribution in [0.1, 0.15) is 5.56 Å². The minimum atomic E-state index is -4.71. The van der Waals surface area contributed by atoms with Crippen LogP contribution in [0.3, 0.4) is 0 Å². The third-order valence-electron chi connectivity index (χ3n) is 5.01. The number of anilines is 3. The molecule has 15 heteroatoms. The number of aromatic nitrogens is 5. The molecule has 3 heterocycles. The van der Waals surface area contributed by atoms with Crippen LogP contribution in [0, 0.1) is 5.82 Å². The van der Waals surface area contributed by atoms with Crippen LogP contribution < -0.4 is 15.8 Å². The molecule has 0 amide bonds. The Bertz CT molecular complexity index is 1370. The summed E-state index contributed by atoms with van der Waals surface area (Å²) in [5.41, 5.74) is 12.6.